The van der Waals surface area contributed by atoms with Crippen molar-refractivity contribution in [3.8, 4) is 0 Å². The number of benzene rings is 1. The highest BCUT2D eigenvalue weighted by Crippen LogP contribution is 2.12. The fourth-order valence-corrected chi connectivity index (χ4v) is 1.32. The first-order chi connectivity index (χ1) is 6.86. The summed E-state index contributed by atoms with van der Waals surface area (Å²) in [6.45, 7) is 0. The highest BCUT2D eigenvalue weighted by atomic mass is 35.5. The lowest BCUT2D eigenvalue weighted by molar-refractivity contribution is 0.477. The Hall–Kier alpha value is -1.48. The van der Waals surface area contributed by atoms with Crippen LogP contribution < -0.4 is 5.43 Å². The van der Waals surface area contributed by atoms with Gasteiger partial charge in [0.2, 0.25) is 0 Å². The van der Waals surface area contributed by atoms with Crippen LogP contribution in [-0.4, -0.2) is 16.7 Å². The number of anilines is 1. The molecule has 1 aliphatic heterocycles. The van der Waals surface area contributed by atoms with Gasteiger partial charge in [0.15, 0.2) is 5.50 Å². The van der Waals surface area contributed by atoms with E-state index in [1.807, 2.05) is 30.3 Å². The molecule has 0 bridgehead atoms. The Labute approximate surface area is 87.7 Å². The molecule has 3 nitrogen and oxygen atoms in total. The summed E-state index contributed by atoms with van der Waals surface area (Å²) in [5, 5.41) is 1.78. The third kappa shape index (κ3) is 2.06. The Morgan fingerprint density at radius 3 is 2.79 bits per heavy atom. The van der Waals surface area contributed by atoms with Crippen LogP contribution in [0, 0.1) is 0 Å². The number of nitrogens with one attached hydrogen (secondary N) is 1. The summed E-state index contributed by atoms with van der Waals surface area (Å²) in [7, 11) is 0. The van der Waals surface area contributed by atoms with Gasteiger partial charge >= 0.3 is 0 Å². The van der Waals surface area contributed by atoms with Gasteiger partial charge in [0.1, 0.15) is 0 Å². The molecule has 4 heteroatoms. The normalized spacial score (nSPS) is 19.8. The largest absolute Gasteiger partial charge is 0.297 e. The van der Waals surface area contributed by atoms with Crippen molar-refractivity contribution in [2.45, 2.75) is 5.50 Å². The number of hydrogen-bond acceptors (Lipinski definition) is 3. The van der Waals surface area contributed by atoms with E-state index in [1.165, 1.54) is 0 Å². The predicted octanol–water partition coefficient (Wildman–Crippen LogP) is 2.44. The van der Waals surface area contributed by atoms with Crippen LogP contribution in [0.5, 0.6) is 0 Å². The predicted molar refractivity (Wildman–Crippen MR) is 59.2 cm³/mol. The van der Waals surface area contributed by atoms with E-state index >= 15 is 0 Å². The van der Waals surface area contributed by atoms with Crippen LogP contribution in [0.25, 0.3) is 0 Å². The Balaban J connectivity index is 2.05. The van der Waals surface area contributed by atoms with E-state index in [0.717, 1.165) is 5.69 Å². The summed E-state index contributed by atoms with van der Waals surface area (Å²) >= 11 is 6.00. The van der Waals surface area contributed by atoms with Gasteiger partial charge in [-0.1, -0.05) is 29.8 Å². The van der Waals surface area contributed by atoms with Crippen molar-refractivity contribution in [3.05, 3.63) is 42.7 Å². The summed E-state index contributed by atoms with van der Waals surface area (Å²) < 4.78 is 0. The number of hydrazine groups is 1. The first kappa shape index (κ1) is 9.09. The van der Waals surface area contributed by atoms with E-state index in [2.05, 4.69) is 10.4 Å². The molecule has 0 spiro atoms. The van der Waals surface area contributed by atoms with Crippen LogP contribution in [0.15, 0.2) is 47.7 Å². The molecule has 1 aliphatic rings. The van der Waals surface area contributed by atoms with Crippen molar-refractivity contribution in [3.63, 3.8) is 0 Å². The maximum Gasteiger partial charge on any atom is 0.158 e. The summed E-state index contributed by atoms with van der Waals surface area (Å²) in [6, 6.07) is 9.85. The molecule has 72 valence electrons. The zero-order valence-electron chi connectivity index (χ0n) is 7.47. The van der Waals surface area contributed by atoms with Gasteiger partial charge in [-0.25, -0.2) is 0 Å². The number of halogens is 1. The fourth-order valence-electron chi connectivity index (χ4n) is 1.15. The monoisotopic (exact) mass is 207 g/mol. The quantitative estimate of drug-likeness (QED) is 0.596. The molecule has 0 saturated carbocycles. The summed E-state index contributed by atoms with van der Waals surface area (Å²) in [5.74, 6) is 0. The summed E-state index contributed by atoms with van der Waals surface area (Å²) in [5.41, 5.74) is 3.90. The molecule has 1 aromatic carbocycles. The van der Waals surface area contributed by atoms with Crippen LogP contribution in [-0.2, 0) is 0 Å². The molecule has 0 saturated heterocycles. The number of alkyl halides is 1. The molecule has 14 heavy (non-hydrogen) atoms. The van der Waals surface area contributed by atoms with Crippen molar-refractivity contribution in [2.24, 2.45) is 4.99 Å². The van der Waals surface area contributed by atoms with E-state index < -0.39 is 0 Å². The molecule has 0 fully saturated rings. The average Bonchev–Trinajstić information content (AvgIpc) is 2.23. The summed E-state index contributed by atoms with van der Waals surface area (Å²) in [4.78, 5) is 3.93. The van der Waals surface area contributed by atoms with Gasteiger partial charge in [-0.3, -0.25) is 15.4 Å². The van der Waals surface area contributed by atoms with E-state index in [-0.39, 0.29) is 5.50 Å². The Bertz CT molecular complexity index is 348. The van der Waals surface area contributed by atoms with Gasteiger partial charge < -0.3 is 0 Å². The molecule has 1 heterocycles. The molecule has 0 amide bonds. The number of aliphatic imine (C=N–C) groups is 1. The minimum atomic E-state index is -0.250. The van der Waals surface area contributed by atoms with Gasteiger partial charge in [0.05, 0.1) is 5.69 Å². The molecule has 0 aliphatic carbocycles. The van der Waals surface area contributed by atoms with E-state index in [1.54, 1.807) is 23.6 Å². The average molecular weight is 208 g/mol. The lowest BCUT2D eigenvalue weighted by atomic mass is 10.3. The first-order valence-corrected chi connectivity index (χ1v) is 4.74. The van der Waals surface area contributed by atoms with Crippen molar-refractivity contribution in [1.29, 1.82) is 0 Å². The molecule has 2 rings (SSSR count). The fraction of sp³-hybridized carbons (Fsp3) is 0.100. The molecule has 1 atom stereocenters. The number of hydrogen-bond donors (Lipinski definition) is 1. The molecular weight excluding hydrogens is 198 g/mol. The van der Waals surface area contributed by atoms with Gasteiger partial charge in [-0.15, -0.1) is 0 Å². The molecular formula is C10H10ClN3. The Morgan fingerprint density at radius 1 is 1.29 bits per heavy atom. The lowest BCUT2D eigenvalue weighted by Gasteiger charge is -2.26. The molecule has 1 N–H and O–H groups in total. The standard InChI is InChI=1S/C10H10ClN3/c11-10-8-12-6-7-14(10)13-9-4-2-1-3-5-9/h1-8,10,13H. The topological polar surface area (TPSA) is 27.6 Å². The third-order valence-corrected chi connectivity index (χ3v) is 2.14. The zero-order valence-corrected chi connectivity index (χ0v) is 8.22. The minimum Gasteiger partial charge on any atom is -0.297 e. The van der Waals surface area contributed by atoms with Crippen LogP contribution in [0.1, 0.15) is 0 Å². The van der Waals surface area contributed by atoms with Crippen molar-refractivity contribution < 1.29 is 0 Å². The van der Waals surface area contributed by atoms with E-state index in [4.69, 9.17) is 11.6 Å². The molecule has 0 aromatic heterocycles. The van der Waals surface area contributed by atoms with Crippen molar-refractivity contribution in [2.75, 3.05) is 5.43 Å². The van der Waals surface area contributed by atoms with Gasteiger partial charge in [0.25, 0.3) is 0 Å². The molecule has 1 unspecified atom stereocenters. The maximum absolute atomic E-state index is 6.00. The Kier molecular flexibility index (Phi) is 2.70. The third-order valence-electron chi connectivity index (χ3n) is 1.82. The van der Waals surface area contributed by atoms with Crippen molar-refractivity contribution >= 4 is 23.5 Å². The van der Waals surface area contributed by atoms with Crippen LogP contribution in [0.4, 0.5) is 5.69 Å². The van der Waals surface area contributed by atoms with Crippen LogP contribution >= 0.6 is 11.6 Å². The van der Waals surface area contributed by atoms with Crippen molar-refractivity contribution in [1.82, 2.24) is 5.01 Å². The second-order valence-corrected chi connectivity index (χ2v) is 3.30. The lowest BCUT2D eigenvalue weighted by Crippen LogP contribution is -2.34. The second kappa shape index (κ2) is 4.15. The zero-order chi connectivity index (χ0) is 9.80. The van der Waals surface area contributed by atoms with Gasteiger partial charge in [-0.05, 0) is 12.1 Å². The minimum absolute atomic E-state index is 0.250. The highest BCUT2D eigenvalue weighted by molar-refractivity contribution is 6.28. The molecule has 1 aromatic rings. The summed E-state index contributed by atoms with van der Waals surface area (Å²) in [6.07, 6.45) is 5.15. The maximum atomic E-state index is 6.00. The highest BCUT2D eigenvalue weighted by Gasteiger charge is 2.11. The SMILES string of the molecule is ClC1C=NC=CN1Nc1ccccc1. The first-order valence-electron chi connectivity index (χ1n) is 4.30. The number of nitrogens with zero attached hydrogens (tertiary/aromatic N) is 2. The van der Waals surface area contributed by atoms with Crippen LogP contribution in [0.2, 0.25) is 0 Å². The Morgan fingerprint density at radius 2 is 2.07 bits per heavy atom. The number of rotatable bonds is 2. The van der Waals surface area contributed by atoms with Gasteiger partial charge in [0, 0.05) is 18.6 Å². The van der Waals surface area contributed by atoms with Gasteiger partial charge in [-0.2, -0.15) is 0 Å². The smallest absolute Gasteiger partial charge is 0.158 e. The second-order valence-electron chi connectivity index (χ2n) is 2.85. The van der Waals surface area contributed by atoms with E-state index in [0.29, 0.717) is 0 Å². The van der Waals surface area contributed by atoms with E-state index in [9.17, 15) is 0 Å². The molecule has 0 radical (unpaired) electrons. The number of para-hydroxylation sites is 1. The van der Waals surface area contributed by atoms with Crippen LogP contribution in [0.3, 0.4) is 0 Å².